The zero-order valence-corrected chi connectivity index (χ0v) is 14.8. The maximum absolute atomic E-state index is 13.1. The smallest absolute Gasteiger partial charge is 0.248 e. The molecule has 0 N–H and O–H groups in total. The van der Waals surface area contributed by atoms with E-state index in [-0.39, 0.29) is 16.2 Å². The molecule has 2 aromatic heterocycles. The third kappa shape index (κ3) is 2.07. The van der Waals surface area contributed by atoms with Gasteiger partial charge in [-0.25, -0.2) is 8.42 Å². The van der Waals surface area contributed by atoms with Gasteiger partial charge in [0.1, 0.15) is 10.6 Å². The zero-order chi connectivity index (χ0) is 17.1. The summed E-state index contributed by atoms with van der Waals surface area (Å²) < 4.78 is 38.0. The summed E-state index contributed by atoms with van der Waals surface area (Å²) >= 11 is 0. The van der Waals surface area contributed by atoms with Crippen LogP contribution in [0.4, 0.5) is 0 Å². The predicted molar refractivity (Wildman–Crippen MR) is 82.8 cm³/mol. The van der Waals surface area contributed by atoms with Crippen molar-refractivity contribution in [3.05, 3.63) is 23.2 Å². The molecule has 130 valence electrons. The van der Waals surface area contributed by atoms with E-state index in [1.54, 1.807) is 20.8 Å². The van der Waals surface area contributed by atoms with Gasteiger partial charge < -0.3 is 9.05 Å². The standard InChI is InChI=1S/C15H20N4O4S/c1-9-13(10(2)22-17-9)24(20,21)19-7-12-5-4-6-15(12,8-19)14-16-11(3)23-18-14/h12H,4-8H2,1-3H3. The van der Waals surface area contributed by atoms with Crippen molar-refractivity contribution in [3.63, 3.8) is 0 Å². The van der Waals surface area contributed by atoms with E-state index in [1.807, 2.05) is 0 Å². The van der Waals surface area contributed by atoms with Crippen LogP contribution in [0.1, 0.15) is 42.4 Å². The Balaban J connectivity index is 1.73. The third-order valence-electron chi connectivity index (χ3n) is 5.38. The highest BCUT2D eigenvalue weighted by Gasteiger charge is 2.56. The highest BCUT2D eigenvalue weighted by Crippen LogP contribution is 2.50. The van der Waals surface area contributed by atoms with Crippen molar-refractivity contribution in [1.82, 2.24) is 19.6 Å². The number of hydrogen-bond acceptors (Lipinski definition) is 7. The Morgan fingerprint density at radius 3 is 2.62 bits per heavy atom. The van der Waals surface area contributed by atoms with E-state index < -0.39 is 10.0 Å². The summed E-state index contributed by atoms with van der Waals surface area (Å²) in [6, 6.07) is 0. The zero-order valence-electron chi connectivity index (χ0n) is 13.9. The largest absolute Gasteiger partial charge is 0.360 e. The summed E-state index contributed by atoms with van der Waals surface area (Å²) in [7, 11) is -3.65. The molecule has 0 radical (unpaired) electrons. The van der Waals surface area contributed by atoms with Crippen LogP contribution in [0.5, 0.6) is 0 Å². The van der Waals surface area contributed by atoms with Crippen LogP contribution in [0.3, 0.4) is 0 Å². The molecular formula is C15H20N4O4S. The fourth-order valence-electron chi connectivity index (χ4n) is 4.27. The fraction of sp³-hybridized carbons (Fsp3) is 0.667. The Labute approximate surface area is 140 Å². The van der Waals surface area contributed by atoms with Crippen LogP contribution in [-0.2, 0) is 15.4 Å². The van der Waals surface area contributed by atoms with Gasteiger partial charge in [0.2, 0.25) is 15.9 Å². The maximum atomic E-state index is 13.1. The Kier molecular flexibility index (Phi) is 3.37. The van der Waals surface area contributed by atoms with Crippen LogP contribution < -0.4 is 0 Å². The maximum Gasteiger partial charge on any atom is 0.248 e. The topological polar surface area (TPSA) is 102 Å². The van der Waals surface area contributed by atoms with Gasteiger partial charge in [-0.15, -0.1) is 0 Å². The van der Waals surface area contributed by atoms with Gasteiger partial charge in [0.15, 0.2) is 11.6 Å². The molecule has 3 heterocycles. The molecule has 0 aromatic carbocycles. The lowest BCUT2D eigenvalue weighted by Crippen LogP contribution is -2.35. The number of sulfonamides is 1. The Morgan fingerprint density at radius 1 is 1.21 bits per heavy atom. The second kappa shape index (κ2) is 5.13. The number of rotatable bonds is 3. The van der Waals surface area contributed by atoms with Crippen molar-refractivity contribution < 1.29 is 17.5 Å². The van der Waals surface area contributed by atoms with Crippen molar-refractivity contribution in [3.8, 4) is 0 Å². The lowest BCUT2D eigenvalue weighted by Gasteiger charge is -2.24. The van der Waals surface area contributed by atoms with Gasteiger partial charge in [-0.1, -0.05) is 16.7 Å². The minimum absolute atomic E-state index is 0.182. The highest BCUT2D eigenvalue weighted by molar-refractivity contribution is 7.89. The van der Waals surface area contributed by atoms with Gasteiger partial charge in [0.05, 0.1) is 5.41 Å². The van der Waals surface area contributed by atoms with Crippen molar-refractivity contribution in [2.45, 2.75) is 50.3 Å². The van der Waals surface area contributed by atoms with Crippen LogP contribution in [-0.4, -0.2) is 41.1 Å². The van der Waals surface area contributed by atoms with Crippen LogP contribution in [0.15, 0.2) is 13.9 Å². The van der Waals surface area contributed by atoms with Gasteiger partial charge in [0.25, 0.3) is 0 Å². The Hall–Kier alpha value is -1.74. The second-order valence-corrected chi connectivity index (χ2v) is 8.71. The summed E-state index contributed by atoms with van der Waals surface area (Å²) in [6.07, 6.45) is 2.91. The van der Waals surface area contributed by atoms with E-state index in [9.17, 15) is 8.42 Å². The van der Waals surface area contributed by atoms with Gasteiger partial charge in [-0.3, -0.25) is 0 Å². The molecule has 1 saturated heterocycles. The molecular weight excluding hydrogens is 332 g/mol. The van der Waals surface area contributed by atoms with Crippen molar-refractivity contribution in [1.29, 1.82) is 0 Å². The van der Waals surface area contributed by atoms with E-state index in [4.69, 9.17) is 9.05 Å². The molecule has 24 heavy (non-hydrogen) atoms. The molecule has 2 fully saturated rings. The van der Waals surface area contributed by atoms with Crippen LogP contribution in [0.25, 0.3) is 0 Å². The lowest BCUT2D eigenvalue weighted by molar-refractivity contribution is 0.332. The first-order valence-electron chi connectivity index (χ1n) is 8.08. The molecule has 0 amide bonds. The Morgan fingerprint density at radius 2 is 2.00 bits per heavy atom. The fourth-order valence-corrected chi connectivity index (χ4v) is 6.11. The molecule has 0 spiro atoms. The SMILES string of the molecule is Cc1nc(C23CCCC2CN(S(=O)(=O)c2c(C)noc2C)C3)no1. The number of hydrogen-bond donors (Lipinski definition) is 0. The van der Waals surface area contributed by atoms with Crippen molar-refractivity contribution in [2.75, 3.05) is 13.1 Å². The summed E-state index contributed by atoms with van der Waals surface area (Å²) in [4.78, 5) is 4.59. The van der Waals surface area contributed by atoms with Gasteiger partial charge in [-0.05, 0) is 32.6 Å². The Bertz CT molecular complexity index is 868. The summed E-state index contributed by atoms with van der Waals surface area (Å²) in [6.45, 7) is 5.88. The van der Waals surface area contributed by atoms with E-state index in [2.05, 4.69) is 15.3 Å². The quantitative estimate of drug-likeness (QED) is 0.828. The average Bonchev–Trinajstić information content (AvgIpc) is 3.22. The minimum atomic E-state index is -3.65. The number of aromatic nitrogens is 3. The number of fused-ring (bicyclic) bond motifs is 1. The molecule has 2 atom stereocenters. The normalized spacial score (nSPS) is 27.7. The average molecular weight is 352 g/mol. The van der Waals surface area contributed by atoms with Gasteiger partial charge >= 0.3 is 0 Å². The molecule has 2 unspecified atom stereocenters. The molecule has 1 aliphatic heterocycles. The summed E-state index contributed by atoms with van der Waals surface area (Å²) in [5.74, 6) is 1.69. The number of aryl methyl sites for hydroxylation is 3. The van der Waals surface area contributed by atoms with E-state index in [1.165, 1.54) is 4.31 Å². The van der Waals surface area contributed by atoms with Crippen LogP contribution >= 0.6 is 0 Å². The van der Waals surface area contributed by atoms with Gasteiger partial charge in [0, 0.05) is 20.0 Å². The molecule has 2 aromatic rings. The monoisotopic (exact) mass is 352 g/mol. The first-order chi connectivity index (χ1) is 11.3. The van der Waals surface area contributed by atoms with E-state index in [0.29, 0.717) is 36.3 Å². The highest BCUT2D eigenvalue weighted by atomic mass is 32.2. The predicted octanol–water partition coefficient (Wildman–Crippen LogP) is 1.73. The first-order valence-corrected chi connectivity index (χ1v) is 9.52. The molecule has 4 rings (SSSR count). The first kappa shape index (κ1) is 15.8. The van der Waals surface area contributed by atoms with Crippen LogP contribution in [0, 0.1) is 26.7 Å². The minimum Gasteiger partial charge on any atom is -0.360 e. The number of nitrogens with zero attached hydrogens (tertiary/aromatic N) is 4. The van der Waals surface area contributed by atoms with Gasteiger partial charge in [-0.2, -0.15) is 9.29 Å². The summed E-state index contributed by atoms with van der Waals surface area (Å²) in [5, 5.41) is 7.89. The van der Waals surface area contributed by atoms with Crippen LogP contribution in [0.2, 0.25) is 0 Å². The third-order valence-corrected chi connectivity index (χ3v) is 7.43. The molecule has 0 bridgehead atoms. The van der Waals surface area contributed by atoms with E-state index in [0.717, 1.165) is 19.3 Å². The van der Waals surface area contributed by atoms with E-state index >= 15 is 0 Å². The van der Waals surface area contributed by atoms with Crippen molar-refractivity contribution >= 4 is 10.0 Å². The lowest BCUT2D eigenvalue weighted by atomic mass is 9.80. The van der Waals surface area contributed by atoms with Crippen molar-refractivity contribution in [2.24, 2.45) is 5.92 Å². The molecule has 8 nitrogen and oxygen atoms in total. The summed E-state index contributed by atoms with van der Waals surface area (Å²) in [5.41, 5.74) is 0.0538. The molecule has 1 aliphatic carbocycles. The molecule has 1 saturated carbocycles. The second-order valence-electron chi connectivity index (χ2n) is 6.83. The molecule has 9 heteroatoms. The molecule has 2 aliphatic rings.